The number of fused-ring (bicyclic) bond motifs is 6. The van der Waals surface area contributed by atoms with Crippen molar-refractivity contribution >= 4 is 35.1 Å². The maximum atomic E-state index is 13.5. The van der Waals surface area contributed by atoms with Crippen LogP contribution in [0.15, 0.2) is 60.7 Å². The number of carboxylic acid groups (broad SMARTS) is 1. The fourth-order valence-corrected chi connectivity index (χ4v) is 5.90. The van der Waals surface area contributed by atoms with Gasteiger partial charge in [-0.1, -0.05) is 38.1 Å². The molecule has 2 heterocycles. The molecule has 4 atom stereocenters. The second kappa shape index (κ2) is 13.8. The average molecular weight is 647 g/mol. The lowest BCUT2D eigenvalue weighted by Crippen LogP contribution is -2.56. The van der Waals surface area contributed by atoms with Crippen molar-refractivity contribution in [2.75, 3.05) is 24.3 Å². The average Bonchev–Trinajstić information content (AvgIpc) is 3.38. The molecule has 7 N–H and O–H groups in total. The standard InChI is InChI=1S/C34H38N4O9/c1-18(2)12-26(37-29(40)16-45-17-30(41)42)32(43)38-31(19(3)39)33(44)36-22-9-11-25-28(14-22)47-27-13-21(35)8-10-24(27)34(25)23-7-5-4-6-20(23)15-46-34/h4-11,13-14,18-19,26,31,39H,12,15-17,35H2,1-3H3,(H,36,44)(H,37,40)(H,38,43)(H,41,42)/t19-,26+,31+,34?/m1/s1. The molecule has 3 aromatic rings. The molecule has 3 amide bonds. The third kappa shape index (κ3) is 7.07. The molecule has 0 saturated heterocycles. The predicted octanol–water partition coefficient (Wildman–Crippen LogP) is 2.63. The van der Waals surface area contributed by atoms with Crippen LogP contribution in [-0.4, -0.2) is 65.3 Å². The van der Waals surface area contributed by atoms with Gasteiger partial charge < -0.3 is 46.1 Å². The number of nitrogen functional groups attached to an aromatic ring is 1. The number of rotatable bonds is 12. The number of aliphatic hydroxyl groups excluding tert-OH is 1. The first-order chi connectivity index (χ1) is 22.4. The molecule has 248 valence electrons. The van der Waals surface area contributed by atoms with Crippen LogP contribution in [0.5, 0.6) is 11.5 Å². The molecular formula is C34H38N4O9. The van der Waals surface area contributed by atoms with Crippen molar-refractivity contribution in [3.05, 3.63) is 82.9 Å². The number of carboxylic acids is 1. The third-order valence-corrected chi connectivity index (χ3v) is 7.95. The molecule has 1 unspecified atom stereocenters. The molecule has 0 fully saturated rings. The Morgan fingerprint density at radius 2 is 1.62 bits per heavy atom. The second-order valence-electron chi connectivity index (χ2n) is 12.0. The minimum Gasteiger partial charge on any atom is -0.480 e. The predicted molar refractivity (Wildman–Crippen MR) is 171 cm³/mol. The Kier molecular flexibility index (Phi) is 9.80. The minimum absolute atomic E-state index is 0.0279. The summed E-state index contributed by atoms with van der Waals surface area (Å²) >= 11 is 0. The fourth-order valence-electron chi connectivity index (χ4n) is 5.90. The number of hydrogen-bond acceptors (Lipinski definition) is 9. The van der Waals surface area contributed by atoms with Crippen LogP contribution in [-0.2, 0) is 40.9 Å². The summed E-state index contributed by atoms with van der Waals surface area (Å²) in [6.07, 6.45) is -1.09. The summed E-state index contributed by atoms with van der Waals surface area (Å²) in [5, 5.41) is 27.0. The van der Waals surface area contributed by atoms with E-state index in [1.54, 1.807) is 24.3 Å². The van der Waals surface area contributed by atoms with E-state index in [0.717, 1.165) is 22.3 Å². The zero-order chi connectivity index (χ0) is 33.9. The Balaban J connectivity index is 1.36. The number of hydrogen-bond donors (Lipinski definition) is 6. The van der Waals surface area contributed by atoms with Gasteiger partial charge in [0, 0.05) is 34.6 Å². The molecule has 2 aliphatic rings. The normalized spacial score (nSPS) is 17.8. The Morgan fingerprint density at radius 3 is 2.32 bits per heavy atom. The van der Waals surface area contributed by atoms with Gasteiger partial charge in [0.25, 0.3) is 0 Å². The maximum Gasteiger partial charge on any atom is 0.329 e. The third-order valence-electron chi connectivity index (χ3n) is 7.95. The summed E-state index contributed by atoms with van der Waals surface area (Å²) < 4.78 is 17.6. The van der Waals surface area contributed by atoms with E-state index in [1.165, 1.54) is 6.92 Å². The molecule has 1 spiro atoms. The van der Waals surface area contributed by atoms with Gasteiger partial charge in [0.2, 0.25) is 17.7 Å². The molecule has 0 aromatic heterocycles. The molecule has 13 nitrogen and oxygen atoms in total. The highest BCUT2D eigenvalue weighted by Gasteiger charge is 2.49. The lowest BCUT2D eigenvalue weighted by atomic mass is 9.77. The van der Waals surface area contributed by atoms with Crippen molar-refractivity contribution in [1.82, 2.24) is 10.6 Å². The first-order valence-corrected chi connectivity index (χ1v) is 15.2. The van der Waals surface area contributed by atoms with E-state index < -0.39 is 60.7 Å². The number of anilines is 2. The molecule has 5 rings (SSSR count). The van der Waals surface area contributed by atoms with E-state index >= 15 is 0 Å². The van der Waals surface area contributed by atoms with E-state index in [1.807, 2.05) is 50.2 Å². The van der Waals surface area contributed by atoms with E-state index in [0.29, 0.717) is 29.5 Å². The van der Waals surface area contributed by atoms with Gasteiger partial charge in [0.1, 0.15) is 36.8 Å². The van der Waals surface area contributed by atoms with E-state index in [2.05, 4.69) is 16.0 Å². The van der Waals surface area contributed by atoms with E-state index in [-0.39, 0.29) is 12.3 Å². The fraction of sp³-hybridized carbons (Fsp3) is 0.353. The minimum atomic E-state index is -1.38. The Morgan fingerprint density at radius 1 is 0.915 bits per heavy atom. The largest absolute Gasteiger partial charge is 0.480 e. The number of amides is 3. The highest BCUT2D eigenvalue weighted by Crippen LogP contribution is 2.56. The molecule has 0 aliphatic carbocycles. The molecule has 0 radical (unpaired) electrons. The highest BCUT2D eigenvalue weighted by atomic mass is 16.5. The van der Waals surface area contributed by atoms with Gasteiger partial charge in [-0.15, -0.1) is 0 Å². The van der Waals surface area contributed by atoms with Crippen molar-refractivity contribution in [3.63, 3.8) is 0 Å². The Labute approximate surface area is 271 Å². The monoisotopic (exact) mass is 646 g/mol. The van der Waals surface area contributed by atoms with Crippen LogP contribution in [0, 0.1) is 5.92 Å². The Hall–Kier alpha value is -4.98. The summed E-state index contributed by atoms with van der Waals surface area (Å²) in [6, 6.07) is 16.0. The molecule has 2 aliphatic heterocycles. The highest BCUT2D eigenvalue weighted by molar-refractivity contribution is 5.99. The second-order valence-corrected chi connectivity index (χ2v) is 12.0. The SMILES string of the molecule is CC(C)C[C@H](NC(=O)COCC(=O)O)C(=O)N[C@H](C(=O)Nc1ccc2c(c1)Oc1cc(N)ccc1C21OCc2ccccc21)[C@@H](C)O. The Bertz CT molecular complexity index is 1690. The van der Waals surface area contributed by atoms with Crippen LogP contribution in [0.2, 0.25) is 0 Å². The zero-order valence-electron chi connectivity index (χ0n) is 26.2. The summed E-state index contributed by atoms with van der Waals surface area (Å²) in [5.74, 6) is -2.43. The number of ether oxygens (including phenoxy) is 3. The van der Waals surface area contributed by atoms with Crippen molar-refractivity contribution in [2.24, 2.45) is 5.92 Å². The van der Waals surface area contributed by atoms with Crippen LogP contribution in [0.25, 0.3) is 0 Å². The topological polar surface area (TPSA) is 199 Å². The summed E-state index contributed by atoms with van der Waals surface area (Å²) in [5.41, 5.74) is 9.53. The van der Waals surface area contributed by atoms with E-state index in [4.69, 9.17) is 25.1 Å². The first kappa shape index (κ1) is 33.4. The smallest absolute Gasteiger partial charge is 0.329 e. The van der Waals surface area contributed by atoms with Crippen LogP contribution in [0.3, 0.4) is 0 Å². The molecule has 47 heavy (non-hydrogen) atoms. The number of carbonyl (C=O) groups excluding carboxylic acids is 3. The van der Waals surface area contributed by atoms with Gasteiger partial charge in [-0.3, -0.25) is 14.4 Å². The quantitative estimate of drug-likeness (QED) is 0.159. The lowest BCUT2D eigenvalue weighted by molar-refractivity contribution is -0.144. The van der Waals surface area contributed by atoms with Gasteiger partial charge in [-0.2, -0.15) is 0 Å². The van der Waals surface area contributed by atoms with Crippen molar-refractivity contribution in [3.8, 4) is 11.5 Å². The van der Waals surface area contributed by atoms with Crippen molar-refractivity contribution in [1.29, 1.82) is 0 Å². The van der Waals surface area contributed by atoms with Gasteiger partial charge in [-0.05, 0) is 54.7 Å². The molecule has 0 saturated carbocycles. The number of nitrogens with one attached hydrogen (secondary N) is 3. The summed E-state index contributed by atoms with van der Waals surface area (Å²) in [6.45, 7) is 4.20. The zero-order valence-corrected chi connectivity index (χ0v) is 26.2. The lowest BCUT2D eigenvalue weighted by Gasteiger charge is -2.37. The van der Waals surface area contributed by atoms with Gasteiger partial charge in [0.15, 0.2) is 5.60 Å². The summed E-state index contributed by atoms with van der Waals surface area (Å²) in [4.78, 5) is 49.7. The van der Waals surface area contributed by atoms with Gasteiger partial charge in [0.05, 0.1) is 12.7 Å². The van der Waals surface area contributed by atoms with Crippen molar-refractivity contribution < 1.29 is 43.6 Å². The van der Waals surface area contributed by atoms with Crippen molar-refractivity contribution in [2.45, 2.75) is 57.6 Å². The number of nitrogens with two attached hydrogens (primary N) is 1. The first-order valence-electron chi connectivity index (χ1n) is 15.2. The van der Waals surface area contributed by atoms with Crippen LogP contribution in [0.1, 0.15) is 49.4 Å². The molecule has 3 aromatic carbocycles. The van der Waals surface area contributed by atoms with Gasteiger partial charge >= 0.3 is 5.97 Å². The van der Waals surface area contributed by atoms with Crippen LogP contribution < -0.4 is 26.4 Å². The van der Waals surface area contributed by atoms with Crippen LogP contribution >= 0.6 is 0 Å². The number of aliphatic carboxylic acids is 1. The molecule has 0 bridgehead atoms. The number of aliphatic hydroxyl groups is 1. The van der Waals surface area contributed by atoms with Crippen LogP contribution in [0.4, 0.5) is 11.4 Å². The maximum absolute atomic E-state index is 13.5. The number of benzene rings is 3. The van der Waals surface area contributed by atoms with Gasteiger partial charge in [-0.25, -0.2) is 4.79 Å². The van der Waals surface area contributed by atoms with E-state index in [9.17, 15) is 24.3 Å². The summed E-state index contributed by atoms with van der Waals surface area (Å²) in [7, 11) is 0. The molecule has 13 heteroatoms. The molecular weight excluding hydrogens is 608 g/mol. The number of carbonyl (C=O) groups is 4.